The summed E-state index contributed by atoms with van der Waals surface area (Å²) in [6.07, 6.45) is 1.36. The molecule has 1 aliphatic heterocycles. The number of ether oxygens (including phenoxy) is 3. The zero-order chi connectivity index (χ0) is 21.5. The van der Waals surface area contributed by atoms with Crippen molar-refractivity contribution in [2.75, 3.05) is 13.9 Å². The number of methoxy groups -OCH3 is 1. The van der Waals surface area contributed by atoms with Gasteiger partial charge >= 0.3 is 6.03 Å². The molecule has 0 unspecified atom stereocenters. The van der Waals surface area contributed by atoms with Gasteiger partial charge in [-0.3, -0.25) is 0 Å². The van der Waals surface area contributed by atoms with E-state index in [1.807, 2.05) is 72.8 Å². The summed E-state index contributed by atoms with van der Waals surface area (Å²) >= 11 is 0. The van der Waals surface area contributed by atoms with E-state index in [0.717, 1.165) is 33.9 Å². The van der Waals surface area contributed by atoms with Gasteiger partial charge in [0.1, 0.15) is 5.75 Å². The van der Waals surface area contributed by atoms with Crippen LogP contribution in [0.4, 0.5) is 4.79 Å². The quantitative estimate of drug-likeness (QED) is 0.579. The van der Waals surface area contributed by atoms with Crippen LogP contribution in [0.3, 0.4) is 0 Å². The van der Waals surface area contributed by atoms with Crippen LogP contribution in [0.15, 0.2) is 72.8 Å². The molecule has 3 aromatic carbocycles. The van der Waals surface area contributed by atoms with Gasteiger partial charge in [0.15, 0.2) is 11.5 Å². The highest BCUT2D eigenvalue weighted by atomic mass is 16.7. The van der Waals surface area contributed by atoms with Crippen LogP contribution in [-0.2, 0) is 19.4 Å². The third kappa shape index (κ3) is 5.69. The maximum absolute atomic E-state index is 12.6. The zero-order valence-electron chi connectivity index (χ0n) is 17.5. The van der Waals surface area contributed by atoms with Gasteiger partial charge in [-0.2, -0.15) is 0 Å². The van der Waals surface area contributed by atoms with Crippen molar-refractivity contribution in [2.45, 2.75) is 25.4 Å². The Hall–Kier alpha value is -3.67. The molecule has 3 aromatic rings. The molecule has 31 heavy (non-hydrogen) atoms. The molecule has 1 aliphatic rings. The first-order valence-electron chi connectivity index (χ1n) is 10.3. The summed E-state index contributed by atoms with van der Waals surface area (Å²) in [5.41, 5.74) is 3.25. The molecule has 0 bridgehead atoms. The van der Waals surface area contributed by atoms with Crippen molar-refractivity contribution in [3.8, 4) is 17.2 Å². The lowest BCUT2D eigenvalue weighted by Crippen LogP contribution is -2.43. The third-order valence-corrected chi connectivity index (χ3v) is 5.19. The van der Waals surface area contributed by atoms with Gasteiger partial charge in [0.25, 0.3) is 0 Å². The smallest absolute Gasteiger partial charge is 0.315 e. The maximum atomic E-state index is 12.6. The van der Waals surface area contributed by atoms with E-state index < -0.39 is 0 Å². The molecule has 0 saturated heterocycles. The molecule has 160 valence electrons. The van der Waals surface area contributed by atoms with E-state index in [-0.39, 0.29) is 18.9 Å². The Morgan fingerprint density at radius 2 is 1.61 bits per heavy atom. The molecule has 0 aliphatic carbocycles. The lowest BCUT2D eigenvalue weighted by Gasteiger charge is -2.20. The van der Waals surface area contributed by atoms with Crippen molar-refractivity contribution in [3.63, 3.8) is 0 Å². The van der Waals surface area contributed by atoms with Crippen LogP contribution in [-0.4, -0.2) is 26.0 Å². The summed E-state index contributed by atoms with van der Waals surface area (Å²) in [5.74, 6) is 2.31. The van der Waals surface area contributed by atoms with Crippen LogP contribution in [0.1, 0.15) is 16.7 Å². The Morgan fingerprint density at radius 1 is 0.903 bits per heavy atom. The molecule has 6 nitrogen and oxygen atoms in total. The highest BCUT2D eigenvalue weighted by molar-refractivity contribution is 5.74. The summed E-state index contributed by atoms with van der Waals surface area (Å²) in [7, 11) is 1.65. The van der Waals surface area contributed by atoms with Gasteiger partial charge in [0, 0.05) is 12.6 Å². The zero-order valence-corrected chi connectivity index (χ0v) is 17.5. The van der Waals surface area contributed by atoms with E-state index >= 15 is 0 Å². The molecular formula is C25H26N2O4. The Morgan fingerprint density at radius 3 is 2.39 bits per heavy atom. The summed E-state index contributed by atoms with van der Waals surface area (Å²) in [5, 5.41) is 6.07. The standard InChI is InChI=1S/C25H26N2O4/c1-29-22-10-7-18(8-11-22)13-21(14-20-9-12-23-24(15-20)31-17-30-23)27-25(28)26-16-19-5-3-2-4-6-19/h2-12,15,21H,13-14,16-17H2,1H3,(H2,26,27,28)/t21-/m0/s1. The molecule has 2 N–H and O–H groups in total. The van der Waals surface area contributed by atoms with Crippen molar-refractivity contribution in [2.24, 2.45) is 0 Å². The number of nitrogens with one attached hydrogen (secondary N) is 2. The fourth-order valence-electron chi connectivity index (χ4n) is 3.59. The van der Waals surface area contributed by atoms with Gasteiger partial charge < -0.3 is 24.8 Å². The molecule has 6 heteroatoms. The molecule has 2 amide bonds. The van der Waals surface area contributed by atoms with Gasteiger partial charge in [-0.15, -0.1) is 0 Å². The number of urea groups is 1. The maximum Gasteiger partial charge on any atom is 0.315 e. The molecule has 1 atom stereocenters. The lowest BCUT2D eigenvalue weighted by molar-refractivity contribution is 0.174. The fourth-order valence-corrected chi connectivity index (χ4v) is 3.59. The van der Waals surface area contributed by atoms with Crippen molar-refractivity contribution in [3.05, 3.63) is 89.5 Å². The van der Waals surface area contributed by atoms with Gasteiger partial charge in [-0.1, -0.05) is 48.5 Å². The van der Waals surface area contributed by atoms with Gasteiger partial charge in [-0.25, -0.2) is 4.79 Å². The molecule has 0 saturated carbocycles. The van der Waals surface area contributed by atoms with Gasteiger partial charge in [-0.05, 0) is 53.8 Å². The number of amides is 2. The Kier molecular flexibility index (Phi) is 6.57. The number of benzene rings is 3. The number of hydrogen-bond acceptors (Lipinski definition) is 4. The molecule has 4 rings (SSSR count). The summed E-state index contributed by atoms with van der Waals surface area (Å²) < 4.78 is 16.1. The molecule has 0 spiro atoms. The van der Waals surface area contributed by atoms with Crippen LogP contribution in [0.5, 0.6) is 17.2 Å². The van der Waals surface area contributed by atoms with Crippen molar-refractivity contribution in [1.82, 2.24) is 10.6 Å². The van der Waals surface area contributed by atoms with Crippen LogP contribution < -0.4 is 24.8 Å². The first-order valence-corrected chi connectivity index (χ1v) is 10.3. The molecule has 0 aromatic heterocycles. The predicted molar refractivity (Wildman–Crippen MR) is 119 cm³/mol. The minimum absolute atomic E-state index is 0.0930. The number of hydrogen-bond donors (Lipinski definition) is 2. The van der Waals surface area contributed by atoms with E-state index in [2.05, 4.69) is 10.6 Å². The van der Waals surface area contributed by atoms with Crippen molar-refractivity contribution in [1.29, 1.82) is 0 Å². The number of carbonyl (C=O) groups is 1. The lowest BCUT2D eigenvalue weighted by atomic mass is 9.98. The van der Waals surface area contributed by atoms with Crippen molar-refractivity contribution < 1.29 is 19.0 Å². The first-order chi connectivity index (χ1) is 15.2. The summed E-state index contributed by atoms with van der Waals surface area (Å²) in [4.78, 5) is 12.6. The molecule has 0 fully saturated rings. The average Bonchev–Trinajstić information content (AvgIpc) is 3.27. The normalized spacial score (nSPS) is 12.8. The third-order valence-electron chi connectivity index (χ3n) is 5.19. The number of fused-ring (bicyclic) bond motifs is 1. The fraction of sp³-hybridized carbons (Fsp3) is 0.240. The van der Waals surface area contributed by atoms with Crippen LogP contribution in [0.2, 0.25) is 0 Å². The van der Waals surface area contributed by atoms with E-state index in [0.29, 0.717) is 19.4 Å². The second-order valence-electron chi connectivity index (χ2n) is 7.45. The Labute approximate surface area is 182 Å². The van der Waals surface area contributed by atoms with Crippen molar-refractivity contribution >= 4 is 6.03 Å². The van der Waals surface area contributed by atoms with Crippen LogP contribution in [0, 0.1) is 0 Å². The minimum Gasteiger partial charge on any atom is -0.497 e. The largest absolute Gasteiger partial charge is 0.497 e. The van der Waals surface area contributed by atoms with E-state index in [1.54, 1.807) is 7.11 Å². The SMILES string of the molecule is COc1ccc(C[C@@H](Cc2ccc3c(c2)OCO3)NC(=O)NCc2ccccc2)cc1. The summed E-state index contributed by atoms with van der Waals surface area (Å²) in [6, 6.07) is 23.4. The van der Waals surface area contributed by atoms with Crippen LogP contribution >= 0.6 is 0 Å². The Balaban J connectivity index is 1.43. The monoisotopic (exact) mass is 418 g/mol. The van der Waals surface area contributed by atoms with E-state index in [9.17, 15) is 4.79 Å². The molecular weight excluding hydrogens is 392 g/mol. The van der Waals surface area contributed by atoms with Gasteiger partial charge in [0.05, 0.1) is 7.11 Å². The Bertz CT molecular complexity index is 1010. The topological polar surface area (TPSA) is 68.8 Å². The predicted octanol–water partition coefficient (Wildman–Crippen LogP) is 4.08. The molecule has 0 radical (unpaired) electrons. The van der Waals surface area contributed by atoms with E-state index in [4.69, 9.17) is 14.2 Å². The average molecular weight is 418 g/mol. The highest BCUT2D eigenvalue weighted by Crippen LogP contribution is 2.33. The summed E-state index contributed by atoms with van der Waals surface area (Å²) in [6.45, 7) is 0.722. The second kappa shape index (κ2) is 9.89. The minimum atomic E-state index is -0.192. The van der Waals surface area contributed by atoms with Crippen LogP contribution in [0.25, 0.3) is 0 Å². The number of carbonyl (C=O) groups excluding carboxylic acids is 1. The van der Waals surface area contributed by atoms with Gasteiger partial charge in [0.2, 0.25) is 6.79 Å². The number of rotatable bonds is 8. The van der Waals surface area contributed by atoms with E-state index in [1.165, 1.54) is 0 Å². The molecule has 1 heterocycles. The first kappa shape index (κ1) is 20.6. The second-order valence-corrected chi connectivity index (χ2v) is 7.45. The highest BCUT2D eigenvalue weighted by Gasteiger charge is 2.18.